The number of aromatic amines is 1. The summed E-state index contributed by atoms with van der Waals surface area (Å²) in [6, 6.07) is 10.8. The molecule has 0 amide bonds. The molecule has 1 atom stereocenters. The standard InChI is InChI=1S/C24H23ClN6O3S/c1-4-35(33,34)29-20-11-19(18-12-30(3)24(32)21-17(18)9-10-26-21)28-23-22(20)27-13-31(23)14(2)15-5-7-16(25)8-6-15/h5-14,26H,4H2,1-3H3,(H,28,29). The first-order valence-electron chi connectivity index (χ1n) is 11.0. The summed E-state index contributed by atoms with van der Waals surface area (Å²) in [5, 5.41) is 1.33. The van der Waals surface area contributed by atoms with Crippen LogP contribution in [0.1, 0.15) is 25.5 Å². The molecule has 0 saturated heterocycles. The van der Waals surface area contributed by atoms with Gasteiger partial charge in [-0.05, 0) is 43.7 Å². The zero-order chi connectivity index (χ0) is 24.9. The van der Waals surface area contributed by atoms with E-state index in [0.29, 0.717) is 44.0 Å². The maximum Gasteiger partial charge on any atom is 0.274 e. The molecule has 0 aliphatic heterocycles. The number of benzene rings is 1. The molecule has 1 aromatic carbocycles. The van der Waals surface area contributed by atoms with Gasteiger partial charge in [0.2, 0.25) is 10.0 Å². The number of hydrogen-bond acceptors (Lipinski definition) is 5. The number of imidazole rings is 1. The molecule has 180 valence electrons. The summed E-state index contributed by atoms with van der Waals surface area (Å²) in [5.74, 6) is -0.0874. The summed E-state index contributed by atoms with van der Waals surface area (Å²) in [5.41, 5.74) is 3.75. The van der Waals surface area contributed by atoms with Crippen LogP contribution < -0.4 is 10.3 Å². The number of aromatic nitrogens is 5. The van der Waals surface area contributed by atoms with Crippen molar-refractivity contribution in [2.45, 2.75) is 19.9 Å². The van der Waals surface area contributed by atoms with Gasteiger partial charge in [-0.1, -0.05) is 23.7 Å². The van der Waals surface area contributed by atoms with E-state index in [-0.39, 0.29) is 17.4 Å². The van der Waals surface area contributed by atoms with Crippen molar-refractivity contribution < 1.29 is 8.42 Å². The first-order chi connectivity index (χ1) is 16.7. The minimum atomic E-state index is -3.58. The van der Waals surface area contributed by atoms with Gasteiger partial charge in [-0.15, -0.1) is 0 Å². The van der Waals surface area contributed by atoms with Crippen molar-refractivity contribution in [3.05, 3.63) is 76.1 Å². The highest BCUT2D eigenvalue weighted by Crippen LogP contribution is 2.33. The molecule has 35 heavy (non-hydrogen) atoms. The fourth-order valence-electron chi connectivity index (χ4n) is 4.12. The van der Waals surface area contributed by atoms with Gasteiger partial charge < -0.3 is 14.1 Å². The third-order valence-electron chi connectivity index (χ3n) is 6.12. The van der Waals surface area contributed by atoms with Crippen LogP contribution in [-0.4, -0.2) is 38.3 Å². The van der Waals surface area contributed by atoms with Gasteiger partial charge in [-0.25, -0.2) is 18.4 Å². The monoisotopic (exact) mass is 510 g/mol. The van der Waals surface area contributed by atoms with Gasteiger partial charge in [-0.3, -0.25) is 9.52 Å². The maximum absolute atomic E-state index is 12.6. The molecule has 11 heteroatoms. The fourth-order valence-corrected chi connectivity index (χ4v) is 4.88. The highest BCUT2D eigenvalue weighted by Gasteiger charge is 2.21. The van der Waals surface area contributed by atoms with E-state index >= 15 is 0 Å². The van der Waals surface area contributed by atoms with E-state index < -0.39 is 10.0 Å². The molecule has 0 radical (unpaired) electrons. The summed E-state index contributed by atoms with van der Waals surface area (Å²) in [6.45, 7) is 3.57. The normalized spacial score (nSPS) is 12.9. The number of rotatable bonds is 6. The Hall–Kier alpha value is -3.63. The van der Waals surface area contributed by atoms with E-state index in [1.54, 1.807) is 38.8 Å². The molecule has 4 heterocycles. The maximum atomic E-state index is 12.6. The molecule has 5 aromatic rings. The van der Waals surface area contributed by atoms with Crippen LogP contribution in [0.4, 0.5) is 5.69 Å². The number of nitrogens with one attached hydrogen (secondary N) is 2. The van der Waals surface area contributed by atoms with E-state index in [2.05, 4.69) is 14.7 Å². The van der Waals surface area contributed by atoms with Crippen molar-refractivity contribution in [3.63, 3.8) is 0 Å². The first kappa shape index (κ1) is 23.1. The van der Waals surface area contributed by atoms with Crippen LogP contribution in [0.15, 0.2) is 59.9 Å². The Bertz CT molecular complexity index is 1740. The molecule has 0 aliphatic rings. The van der Waals surface area contributed by atoms with E-state index in [1.807, 2.05) is 41.8 Å². The minimum absolute atomic E-state index is 0.0874. The van der Waals surface area contributed by atoms with E-state index in [1.165, 1.54) is 4.57 Å². The lowest BCUT2D eigenvalue weighted by molar-refractivity contribution is 0.602. The van der Waals surface area contributed by atoms with E-state index in [0.717, 1.165) is 5.56 Å². The van der Waals surface area contributed by atoms with Crippen molar-refractivity contribution in [2.75, 3.05) is 10.5 Å². The number of hydrogen-bond donors (Lipinski definition) is 2. The molecular weight excluding hydrogens is 488 g/mol. The second kappa shape index (κ2) is 8.54. The lowest BCUT2D eigenvalue weighted by Gasteiger charge is -2.16. The quantitative estimate of drug-likeness (QED) is 0.353. The van der Waals surface area contributed by atoms with Gasteiger partial charge in [0, 0.05) is 35.4 Å². The smallest absolute Gasteiger partial charge is 0.274 e. The average molecular weight is 511 g/mol. The Kier molecular flexibility index (Phi) is 5.65. The zero-order valence-electron chi connectivity index (χ0n) is 19.3. The lowest BCUT2D eigenvalue weighted by Crippen LogP contribution is -2.17. The number of halogens is 1. The molecule has 0 aliphatic carbocycles. The SMILES string of the molecule is CCS(=O)(=O)Nc1cc(-c2cn(C)c(=O)c3[nH]ccc23)nc2c1ncn2C(C)c1ccc(Cl)cc1. The van der Waals surface area contributed by atoms with Gasteiger partial charge in [0.15, 0.2) is 5.65 Å². The van der Waals surface area contributed by atoms with Crippen molar-refractivity contribution in [1.29, 1.82) is 0 Å². The number of sulfonamides is 1. The number of pyridine rings is 2. The van der Waals surface area contributed by atoms with Crippen LogP contribution in [0.3, 0.4) is 0 Å². The Morgan fingerprint density at radius 1 is 1.20 bits per heavy atom. The topological polar surface area (TPSA) is 115 Å². The highest BCUT2D eigenvalue weighted by atomic mass is 35.5. The van der Waals surface area contributed by atoms with Gasteiger partial charge in [-0.2, -0.15) is 0 Å². The van der Waals surface area contributed by atoms with Crippen LogP contribution in [0, 0.1) is 0 Å². The highest BCUT2D eigenvalue weighted by molar-refractivity contribution is 7.92. The predicted molar refractivity (Wildman–Crippen MR) is 138 cm³/mol. The van der Waals surface area contributed by atoms with Gasteiger partial charge in [0.1, 0.15) is 11.0 Å². The number of fused-ring (bicyclic) bond motifs is 2. The molecular formula is C24H23ClN6O3S. The number of nitrogens with zero attached hydrogens (tertiary/aromatic N) is 4. The molecule has 0 saturated carbocycles. The third kappa shape index (κ3) is 4.08. The molecule has 5 rings (SSSR count). The summed E-state index contributed by atoms with van der Waals surface area (Å²) in [4.78, 5) is 24.9. The van der Waals surface area contributed by atoms with Crippen LogP contribution in [0.25, 0.3) is 33.3 Å². The summed E-state index contributed by atoms with van der Waals surface area (Å²) in [7, 11) is -1.92. The van der Waals surface area contributed by atoms with Crippen LogP contribution in [0.5, 0.6) is 0 Å². The Morgan fingerprint density at radius 3 is 2.66 bits per heavy atom. The van der Waals surface area contributed by atoms with Crippen molar-refractivity contribution in [2.24, 2.45) is 7.05 Å². The molecule has 4 aromatic heterocycles. The van der Waals surface area contributed by atoms with Crippen molar-refractivity contribution in [1.82, 2.24) is 24.1 Å². The van der Waals surface area contributed by atoms with Crippen molar-refractivity contribution >= 4 is 49.4 Å². The second-order valence-electron chi connectivity index (χ2n) is 8.34. The molecule has 0 spiro atoms. The minimum Gasteiger partial charge on any atom is -0.357 e. The van der Waals surface area contributed by atoms with Crippen LogP contribution in [-0.2, 0) is 17.1 Å². The number of anilines is 1. The molecule has 2 N–H and O–H groups in total. The number of H-pyrrole nitrogens is 1. The van der Waals surface area contributed by atoms with Crippen LogP contribution >= 0.6 is 11.6 Å². The molecule has 0 fully saturated rings. The fraction of sp³-hybridized carbons (Fsp3) is 0.208. The second-order valence-corrected chi connectivity index (χ2v) is 10.8. The number of aryl methyl sites for hydroxylation is 1. The van der Waals surface area contributed by atoms with E-state index in [9.17, 15) is 13.2 Å². The van der Waals surface area contributed by atoms with E-state index in [4.69, 9.17) is 16.6 Å². The average Bonchev–Trinajstić information content (AvgIpc) is 3.49. The zero-order valence-corrected chi connectivity index (χ0v) is 20.9. The van der Waals surface area contributed by atoms with Gasteiger partial charge in [0.05, 0.1) is 29.5 Å². The lowest BCUT2D eigenvalue weighted by atomic mass is 10.1. The summed E-state index contributed by atoms with van der Waals surface area (Å²) in [6.07, 6.45) is 5.05. The van der Waals surface area contributed by atoms with Gasteiger partial charge >= 0.3 is 0 Å². The molecule has 9 nitrogen and oxygen atoms in total. The van der Waals surface area contributed by atoms with Crippen LogP contribution in [0.2, 0.25) is 5.02 Å². The Morgan fingerprint density at radius 2 is 1.94 bits per heavy atom. The molecule has 1 unspecified atom stereocenters. The Balaban J connectivity index is 1.77. The Labute approximate surface area is 206 Å². The first-order valence-corrected chi connectivity index (χ1v) is 13.0. The van der Waals surface area contributed by atoms with Crippen molar-refractivity contribution in [3.8, 4) is 11.3 Å². The largest absolute Gasteiger partial charge is 0.357 e. The summed E-state index contributed by atoms with van der Waals surface area (Å²) < 4.78 is 31.0. The molecule has 0 bridgehead atoms. The predicted octanol–water partition coefficient (Wildman–Crippen LogP) is 4.30. The third-order valence-corrected chi connectivity index (χ3v) is 7.66. The van der Waals surface area contributed by atoms with Gasteiger partial charge in [0.25, 0.3) is 5.56 Å². The summed E-state index contributed by atoms with van der Waals surface area (Å²) >= 11 is 6.06.